The van der Waals surface area contributed by atoms with Gasteiger partial charge in [0.05, 0.1) is 12.6 Å². The van der Waals surface area contributed by atoms with Crippen molar-refractivity contribution in [2.75, 3.05) is 0 Å². The number of hydrogen-bond acceptors (Lipinski definition) is 3. The van der Waals surface area contributed by atoms with Gasteiger partial charge in [0.2, 0.25) is 5.91 Å². The lowest BCUT2D eigenvalue weighted by molar-refractivity contribution is -0.121. The second kappa shape index (κ2) is 5.36. The predicted molar refractivity (Wildman–Crippen MR) is 55.1 cm³/mol. The average Bonchev–Trinajstić information content (AvgIpc) is 2.15. The molecular formula is C10H15N3O. The van der Waals surface area contributed by atoms with E-state index in [-0.39, 0.29) is 12.3 Å². The highest BCUT2D eigenvalue weighted by molar-refractivity contribution is 5.76. The summed E-state index contributed by atoms with van der Waals surface area (Å²) in [5, 5.41) is 2.73. The van der Waals surface area contributed by atoms with Crippen LogP contribution in [0, 0.1) is 0 Å². The zero-order chi connectivity index (χ0) is 10.4. The first-order chi connectivity index (χ1) is 6.68. The topological polar surface area (TPSA) is 81.1 Å². The molecule has 1 aromatic carbocycles. The molecule has 0 aliphatic heterocycles. The van der Waals surface area contributed by atoms with E-state index in [1.807, 2.05) is 30.3 Å². The third kappa shape index (κ3) is 4.02. The molecule has 0 fully saturated rings. The Balaban J connectivity index is 2.31. The second-order valence-corrected chi connectivity index (χ2v) is 3.13. The van der Waals surface area contributed by atoms with Crippen molar-refractivity contribution >= 4 is 5.91 Å². The summed E-state index contributed by atoms with van der Waals surface area (Å²) in [6.07, 6.45) is -0.418. The Morgan fingerprint density at radius 2 is 1.93 bits per heavy atom. The molecule has 0 aliphatic rings. The van der Waals surface area contributed by atoms with Gasteiger partial charge in [0.15, 0.2) is 0 Å². The van der Waals surface area contributed by atoms with Crippen LogP contribution in [0.3, 0.4) is 0 Å². The summed E-state index contributed by atoms with van der Waals surface area (Å²) in [5.74, 6) is -0.121. The van der Waals surface area contributed by atoms with Gasteiger partial charge in [-0.25, -0.2) is 0 Å². The smallest absolute Gasteiger partial charge is 0.223 e. The van der Waals surface area contributed by atoms with Crippen LogP contribution in [0.2, 0.25) is 0 Å². The lowest BCUT2D eigenvalue weighted by Gasteiger charge is -2.06. The van der Waals surface area contributed by atoms with E-state index in [4.69, 9.17) is 11.5 Å². The van der Waals surface area contributed by atoms with Crippen LogP contribution in [0.25, 0.3) is 0 Å². The van der Waals surface area contributed by atoms with Gasteiger partial charge in [-0.3, -0.25) is 4.79 Å². The molecule has 76 valence electrons. The molecule has 14 heavy (non-hydrogen) atoms. The SMILES string of the molecule is NC(N)CC(=O)NCc1ccccc1. The molecule has 4 nitrogen and oxygen atoms in total. The predicted octanol–water partition coefficient (Wildman–Crippen LogP) is -0.0636. The molecule has 5 N–H and O–H groups in total. The molecule has 0 radical (unpaired) electrons. The number of amides is 1. The van der Waals surface area contributed by atoms with Gasteiger partial charge in [-0.15, -0.1) is 0 Å². The van der Waals surface area contributed by atoms with Crippen LogP contribution in [0.4, 0.5) is 0 Å². The number of carbonyl (C=O) groups excluding carboxylic acids is 1. The van der Waals surface area contributed by atoms with Crippen molar-refractivity contribution in [1.82, 2.24) is 5.32 Å². The lowest BCUT2D eigenvalue weighted by atomic mass is 10.2. The highest BCUT2D eigenvalue weighted by Crippen LogP contribution is 1.97. The van der Waals surface area contributed by atoms with Crippen LogP contribution in [0.15, 0.2) is 30.3 Å². The van der Waals surface area contributed by atoms with Crippen LogP contribution in [0.5, 0.6) is 0 Å². The van der Waals surface area contributed by atoms with Crippen LogP contribution in [-0.4, -0.2) is 12.1 Å². The van der Waals surface area contributed by atoms with Gasteiger partial charge in [0.25, 0.3) is 0 Å². The van der Waals surface area contributed by atoms with Crippen molar-refractivity contribution in [3.63, 3.8) is 0 Å². The zero-order valence-corrected chi connectivity index (χ0v) is 7.94. The molecular weight excluding hydrogens is 178 g/mol. The standard InChI is InChI=1S/C10H15N3O/c11-9(12)6-10(14)13-7-8-4-2-1-3-5-8/h1-5,9H,6-7,11-12H2,(H,13,14). The van der Waals surface area contributed by atoms with E-state index in [2.05, 4.69) is 5.32 Å². The highest BCUT2D eigenvalue weighted by Gasteiger charge is 2.03. The van der Waals surface area contributed by atoms with Gasteiger partial charge in [-0.1, -0.05) is 30.3 Å². The summed E-state index contributed by atoms with van der Waals surface area (Å²) in [4.78, 5) is 11.2. The molecule has 0 aromatic heterocycles. The summed E-state index contributed by atoms with van der Waals surface area (Å²) in [7, 11) is 0. The first-order valence-electron chi connectivity index (χ1n) is 4.50. The van der Waals surface area contributed by atoms with Gasteiger partial charge in [-0.05, 0) is 5.56 Å². The number of nitrogens with two attached hydrogens (primary N) is 2. The van der Waals surface area contributed by atoms with E-state index in [0.717, 1.165) is 5.56 Å². The van der Waals surface area contributed by atoms with E-state index >= 15 is 0 Å². The molecule has 0 saturated heterocycles. The Morgan fingerprint density at radius 3 is 2.50 bits per heavy atom. The van der Waals surface area contributed by atoms with Crippen LogP contribution in [-0.2, 0) is 11.3 Å². The quantitative estimate of drug-likeness (QED) is 0.586. The Morgan fingerprint density at radius 1 is 1.29 bits per heavy atom. The minimum atomic E-state index is -0.578. The number of rotatable bonds is 4. The minimum Gasteiger partial charge on any atom is -0.352 e. The Labute approximate surface area is 83.3 Å². The zero-order valence-electron chi connectivity index (χ0n) is 7.94. The van der Waals surface area contributed by atoms with Crippen LogP contribution in [0.1, 0.15) is 12.0 Å². The van der Waals surface area contributed by atoms with Gasteiger partial charge >= 0.3 is 0 Å². The molecule has 1 rings (SSSR count). The summed E-state index contributed by atoms with van der Waals surface area (Å²) in [6.45, 7) is 0.520. The fraction of sp³-hybridized carbons (Fsp3) is 0.300. The van der Waals surface area contributed by atoms with E-state index in [1.165, 1.54) is 0 Å². The van der Waals surface area contributed by atoms with Gasteiger partial charge in [0, 0.05) is 6.54 Å². The number of hydrogen-bond donors (Lipinski definition) is 3. The van der Waals surface area contributed by atoms with Gasteiger partial charge in [-0.2, -0.15) is 0 Å². The third-order valence-electron chi connectivity index (χ3n) is 1.75. The lowest BCUT2D eigenvalue weighted by Crippen LogP contribution is -2.37. The van der Waals surface area contributed by atoms with Crippen molar-refractivity contribution in [3.8, 4) is 0 Å². The molecule has 0 aliphatic carbocycles. The number of benzene rings is 1. The fourth-order valence-corrected chi connectivity index (χ4v) is 1.08. The second-order valence-electron chi connectivity index (χ2n) is 3.13. The van der Waals surface area contributed by atoms with E-state index in [1.54, 1.807) is 0 Å². The van der Waals surface area contributed by atoms with Crippen LogP contribution >= 0.6 is 0 Å². The van der Waals surface area contributed by atoms with Crippen molar-refractivity contribution in [2.45, 2.75) is 19.1 Å². The normalized spacial score (nSPS) is 10.2. The molecule has 1 aromatic rings. The maximum atomic E-state index is 11.2. The summed E-state index contributed by atoms with van der Waals surface area (Å²) < 4.78 is 0. The molecule has 0 unspecified atom stereocenters. The molecule has 0 heterocycles. The number of nitrogens with one attached hydrogen (secondary N) is 1. The first-order valence-corrected chi connectivity index (χ1v) is 4.50. The maximum absolute atomic E-state index is 11.2. The van der Waals surface area contributed by atoms with Crippen molar-refractivity contribution < 1.29 is 4.79 Å². The maximum Gasteiger partial charge on any atom is 0.223 e. The molecule has 0 atom stereocenters. The molecule has 4 heteroatoms. The minimum absolute atomic E-state index is 0.121. The Hall–Kier alpha value is -1.39. The summed E-state index contributed by atoms with van der Waals surface area (Å²) in [5.41, 5.74) is 11.6. The Bertz CT molecular complexity index is 285. The fourth-order valence-electron chi connectivity index (χ4n) is 1.08. The largest absolute Gasteiger partial charge is 0.352 e. The van der Waals surface area contributed by atoms with Crippen LogP contribution < -0.4 is 16.8 Å². The molecule has 0 bridgehead atoms. The molecule has 0 saturated carbocycles. The van der Waals surface area contributed by atoms with Crippen molar-refractivity contribution in [2.24, 2.45) is 11.5 Å². The number of carbonyl (C=O) groups is 1. The Kier molecular flexibility index (Phi) is 4.10. The third-order valence-corrected chi connectivity index (χ3v) is 1.75. The van der Waals surface area contributed by atoms with E-state index in [9.17, 15) is 4.79 Å². The monoisotopic (exact) mass is 193 g/mol. The van der Waals surface area contributed by atoms with Crippen molar-refractivity contribution in [3.05, 3.63) is 35.9 Å². The summed E-state index contributed by atoms with van der Waals surface area (Å²) >= 11 is 0. The van der Waals surface area contributed by atoms with Gasteiger partial charge in [0.1, 0.15) is 0 Å². The van der Waals surface area contributed by atoms with E-state index in [0.29, 0.717) is 6.54 Å². The highest BCUT2D eigenvalue weighted by atomic mass is 16.1. The molecule has 0 spiro atoms. The first kappa shape index (κ1) is 10.7. The molecule has 1 amide bonds. The average molecular weight is 193 g/mol. The van der Waals surface area contributed by atoms with Crippen molar-refractivity contribution in [1.29, 1.82) is 0 Å². The van der Waals surface area contributed by atoms with E-state index < -0.39 is 6.17 Å². The van der Waals surface area contributed by atoms with Gasteiger partial charge < -0.3 is 16.8 Å². The summed E-state index contributed by atoms with van der Waals surface area (Å²) in [6, 6.07) is 9.68.